The van der Waals surface area contributed by atoms with Gasteiger partial charge in [0.2, 0.25) is 0 Å². The molecule has 7 nitrogen and oxygen atoms in total. The SMILES string of the molecule is C=COCCCC[Si](OOC(=C)C)(OOC(=C)C)OOC(=C)C. The number of hydrogen-bond donors (Lipinski definition) is 0. The van der Waals surface area contributed by atoms with Crippen LogP contribution in [0.3, 0.4) is 0 Å². The average Bonchev–Trinajstić information content (AvgIpc) is 2.47. The maximum Gasteiger partial charge on any atom is 0.618 e. The highest BCUT2D eigenvalue weighted by molar-refractivity contribution is 6.59. The van der Waals surface area contributed by atoms with E-state index in [-0.39, 0.29) is 0 Å². The van der Waals surface area contributed by atoms with Gasteiger partial charge in [0.05, 0.1) is 12.9 Å². The third-order valence-electron chi connectivity index (χ3n) is 2.05. The Morgan fingerprint density at radius 2 is 1.26 bits per heavy atom. The van der Waals surface area contributed by atoms with Gasteiger partial charge in [-0.3, -0.25) is 0 Å². The maximum atomic E-state index is 5.30. The fraction of sp³-hybridized carbons (Fsp3) is 0.467. The van der Waals surface area contributed by atoms with Gasteiger partial charge in [-0.1, -0.05) is 26.3 Å². The minimum absolute atomic E-state index is 0.328. The van der Waals surface area contributed by atoms with Crippen molar-refractivity contribution in [2.45, 2.75) is 39.7 Å². The maximum absolute atomic E-state index is 5.30. The van der Waals surface area contributed by atoms with E-state index in [9.17, 15) is 0 Å². The van der Waals surface area contributed by atoms with E-state index in [4.69, 9.17) is 33.1 Å². The minimum Gasteiger partial charge on any atom is -0.502 e. The van der Waals surface area contributed by atoms with Crippen molar-refractivity contribution in [3.05, 3.63) is 49.9 Å². The van der Waals surface area contributed by atoms with Gasteiger partial charge in [-0.05, 0) is 33.6 Å². The molecule has 0 aromatic carbocycles. The van der Waals surface area contributed by atoms with Crippen molar-refractivity contribution in [3.63, 3.8) is 0 Å². The quantitative estimate of drug-likeness (QED) is 0.144. The first kappa shape index (κ1) is 21.3. The summed E-state index contributed by atoms with van der Waals surface area (Å²) in [6.07, 6.45) is 2.76. The zero-order valence-corrected chi connectivity index (χ0v) is 15.1. The summed E-state index contributed by atoms with van der Waals surface area (Å²) < 4.78 is 21.0. The van der Waals surface area contributed by atoms with E-state index in [1.807, 2.05) is 0 Å². The lowest BCUT2D eigenvalue weighted by atomic mass is 10.4. The van der Waals surface area contributed by atoms with Crippen molar-refractivity contribution >= 4 is 8.80 Å². The lowest BCUT2D eigenvalue weighted by Gasteiger charge is -2.25. The van der Waals surface area contributed by atoms with E-state index < -0.39 is 8.80 Å². The number of allylic oxidation sites excluding steroid dienone is 3. The predicted octanol–water partition coefficient (Wildman–Crippen LogP) is 4.31. The van der Waals surface area contributed by atoms with Crippen molar-refractivity contribution in [2.75, 3.05) is 6.61 Å². The molecule has 0 bridgehead atoms. The number of rotatable bonds is 15. The third-order valence-corrected chi connectivity index (χ3v) is 4.02. The fourth-order valence-corrected chi connectivity index (χ4v) is 3.00. The van der Waals surface area contributed by atoms with Gasteiger partial charge in [-0.2, -0.15) is 13.7 Å². The van der Waals surface area contributed by atoms with E-state index in [1.165, 1.54) is 6.26 Å². The molecule has 0 aromatic rings. The van der Waals surface area contributed by atoms with Crippen LogP contribution in [0.4, 0.5) is 0 Å². The smallest absolute Gasteiger partial charge is 0.502 e. The Morgan fingerprint density at radius 3 is 1.61 bits per heavy atom. The van der Waals surface area contributed by atoms with E-state index in [0.717, 1.165) is 6.42 Å². The molecular formula is C15H26O7Si. The summed E-state index contributed by atoms with van der Waals surface area (Å²) in [5, 5.41) is 0. The van der Waals surface area contributed by atoms with Gasteiger partial charge >= 0.3 is 8.80 Å². The zero-order valence-electron chi connectivity index (χ0n) is 14.1. The summed E-state index contributed by atoms with van der Waals surface area (Å²) in [7, 11) is -3.47. The summed E-state index contributed by atoms with van der Waals surface area (Å²) in [5.41, 5.74) is 0. The van der Waals surface area contributed by atoms with Crippen molar-refractivity contribution in [1.29, 1.82) is 0 Å². The predicted molar refractivity (Wildman–Crippen MR) is 86.9 cm³/mol. The molecule has 0 aliphatic carbocycles. The minimum atomic E-state index is -3.47. The summed E-state index contributed by atoms with van der Waals surface area (Å²) in [6.45, 7) is 19.6. The summed E-state index contributed by atoms with van der Waals surface area (Å²) in [5.74, 6) is 0.985. The van der Waals surface area contributed by atoms with E-state index in [2.05, 4.69) is 26.3 Å². The standard InChI is InChI=1S/C15H26O7Si/c1-8-16-11-9-10-12-23(20-17-13(2)3,21-18-14(4)5)22-19-15(6)7/h8H,1-2,4,6,9-12H2,3,5,7H3. The molecule has 0 unspecified atom stereocenters. The molecule has 132 valence electrons. The molecule has 8 heteroatoms. The molecule has 0 aliphatic heterocycles. The Hall–Kier alpha value is -1.74. The summed E-state index contributed by atoms with van der Waals surface area (Å²) in [6, 6.07) is 0.349. The molecule has 0 aromatic heterocycles. The van der Waals surface area contributed by atoms with Gasteiger partial charge in [0.1, 0.15) is 17.3 Å². The molecule has 0 aliphatic rings. The summed E-state index contributed by atoms with van der Waals surface area (Å²) >= 11 is 0. The molecule has 0 heterocycles. The van der Waals surface area contributed by atoms with Crippen LogP contribution in [0.5, 0.6) is 0 Å². The van der Waals surface area contributed by atoms with Crippen LogP contribution in [-0.2, 0) is 33.1 Å². The van der Waals surface area contributed by atoms with Crippen LogP contribution in [0, 0.1) is 0 Å². The van der Waals surface area contributed by atoms with Crippen LogP contribution in [0.15, 0.2) is 49.9 Å². The van der Waals surface area contributed by atoms with Gasteiger partial charge in [-0.15, -0.1) is 0 Å². The van der Waals surface area contributed by atoms with Gasteiger partial charge in [0, 0.05) is 6.04 Å². The van der Waals surface area contributed by atoms with Crippen LogP contribution in [0.1, 0.15) is 33.6 Å². The zero-order chi connectivity index (χ0) is 17.7. The average molecular weight is 346 g/mol. The highest BCUT2D eigenvalue weighted by atomic mass is 28.4. The Labute approximate surface area is 138 Å². The molecular weight excluding hydrogens is 320 g/mol. The van der Waals surface area contributed by atoms with Crippen LogP contribution in [0.25, 0.3) is 0 Å². The summed E-state index contributed by atoms with van der Waals surface area (Å²) in [4.78, 5) is 15.0. The first-order chi connectivity index (χ1) is 10.8. The fourth-order valence-electron chi connectivity index (χ4n) is 1.18. The van der Waals surface area contributed by atoms with Gasteiger partial charge in [-0.25, -0.2) is 0 Å². The molecule has 0 rings (SSSR count). The first-order valence-corrected chi connectivity index (χ1v) is 9.00. The van der Waals surface area contributed by atoms with E-state index in [0.29, 0.717) is 36.3 Å². The van der Waals surface area contributed by atoms with Crippen molar-refractivity contribution in [3.8, 4) is 0 Å². The van der Waals surface area contributed by atoms with Crippen LogP contribution >= 0.6 is 0 Å². The van der Waals surface area contributed by atoms with Crippen LogP contribution in [0.2, 0.25) is 6.04 Å². The second-order valence-electron chi connectivity index (χ2n) is 4.78. The number of unbranched alkanes of at least 4 members (excludes halogenated alkanes) is 1. The Kier molecular flexibility index (Phi) is 10.9. The first-order valence-electron chi connectivity index (χ1n) is 7.07. The highest BCUT2D eigenvalue weighted by Crippen LogP contribution is 2.23. The second-order valence-corrected chi connectivity index (χ2v) is 7.15. The Bertz CT molecular complexity index is 363. The van der Waals surface area contributed by atoms with Gasteiger partial charge in [0.25, 0.3) is 0 Å². The molecule has 0 N–H and O–H groups in total. The van der Waals surface area contributed by atoms with E-state index in [1.54, 1.807) is 20.8 Å². The molecule has 23 heavy (non-hydrogen) atoms. The Balaban J connectivity index is 4.85. The van der Waals surface area contributed by atoms with Crippen molar-refractivity contribution in [1.82, 2.24) is 0 Å². The molecule has 0 amide bonds. The van der Waals surface area contributed by atoms with Gasteiger partial charge in [0.15, 0.2) is 0 Å². The topological polar surface area (TPSA) is 64.6 Å². The normalized spacial score (nSPS) is 10.6. The molecule has 0 fully saturated rings. The Morgan fingerprint density at radius 1 is 0.826 bits per heavy atom. The molecule has 0 saturated heterocycles. The lowest BCUT2D eigenvalue weighted by molar-refractivity contribution is -0.332. The van der Waals surface area contributed by atoms with Crippen LogP contribution in [-0.4, -0.2) is 15.4 Å². The third kappa shape index (κ3) is 11.5. The number of ether oxygens (including phenoxy) is 1. The van der Waals surface area contributed by atoms with Crippen molar-refractivity contribution in [2.24, 2.45) is 0 Å². The highest BCUT2D eigenvalue weighted by Gasteiger charge is 2.49. The van der Waals surface area contributed by atoms with Crippen LogP contribution < -0.4 is 0 Å². The molecule has 0 saturated carbocycles. The lowest BCUT2D eigenvalue weighted by Crippen LogP contribution is -2.45. The van der Waals surface area contributed by atoms with Crippen molar-refractivity contribution < 1.29 is 33.1 Å². The largest absolute Gasteiger partial charge is 0.618 e. The second kappa shape index (κ2) is 11.8. The van der Waals surface area contributed by atoms with E-state index >= 15 is 0 Å². The molecule has 0 spiro atoms. The molecule has 0 atom stereocenters. The monoisotopic (exact) mass is 346 g/mol. The molecule has 0 radical (unpaired) electrons. The number of hydrogen-bond acceptors (Lipinski definition) is 7. The van der Waals surface area contributed by atoms with Gasteiger partial charge < -0.3 is 19.4 Å².